The van der Waals surface area contributed by atoms with Gasteiger partial charge in [-0.3, -0.25) is 4.52 Å². The van der Waals surface area contributed by atoms with E-state index in [1.807, 2.05) is 51.1 Å². The van der Waals surface area contributed by atoms with Gasteiger partial charge in [0.2, 0.25) is 0 Å². The summed E-state index contributed by atoms with van der Waals surface area (Å²) in [7, 11) is -2.51. The molecule has 0 fully saturated rings. The number of hydroxylamine groups is 1. The number of phosphoric acid groups is 1. The quantitative estimate of drug-likeness (QED) is 0.479. The third kappa shape index (κ3) is 6.56. The number of hydrogen-bond donors (Lipinski definition) is 1. The maximum absolute atomic E-state index is 12.6. The van der Waals surface area contributed by atoms with Crippen LogP contribution in [-0.2, 0) is 25.1 Å². The second kappa shape index (κ2) is 9.31. The maximum Gasteiger partial charge on any atom is 0.546 e. The van der Waals surface area contributed by atoms with Gasteiger partial charge in [0, 0.05) is 7.11 Å². The molecule has 2 aromatic rings. The number of phosphoric ester groups is 1. The second-order valence-corrected chi connectivity index (χ2v) is 8.16. The van der Waals surface area contributed by atoms with Crippen LogP contribution < -0.4 is 10.0 Å². The molecule has 0 saturated heterocycles. The molecule has 0 spiro atoms. The van der Waals surface area contributed by atoms with Crippen LogP contribution in [0.3, 0.4) is 0 Å². The van der Waals surface area contributed by atoms with Crippen molar-refractivity contribution < 1.29 is 23.0 Å². The van der Waals surface area contributed by atoms with Gasteiger partial charge in [-0.15, -0.1) is 0 Å². The molecule has 0 aliphatic heterocycles. The highest BCUT2D eigenvalue weighted by Crippen LogP contribution is 2.48. The van der Waals surface area contributed by atoms with E-state index in [9.17, 15) is 4.57 Å². The predicted octanol–water partition coefficient (Wildman–Crippen LogP) is 4.64. The van der Waals surface area contributed by atoms with Gasteiger partial charge in [-0.1, -0.05) is 42.5 Å². The molecular formula is C19H26NO5P. The van der Waals surface area contributed by atoms with Gasteiger partial charge in [0.05, 0.1) is 18.8 Å². The molecule has 0 bridgehead atoms. The van der Waals surface area contributed by atoms with E-state index in [4.69, 9.17) is 18.4 Å². The fourth-order valence-corrected chi connectivity index (χ4v) is 3.03. The van der Waals surface area contributed by atoms with Gasteiger partial charge >= 0.3 is 7.82 Å². The Morgan fingerprint density at radius 3 is 2.35 bits per heavy atom. The summed E-state index contributed by atoms with van der Waals surface area (Å²) in [5, 5.41) is 0. The maximum atomic E-state index is 12.6. The normalized spacial score (nSPS) is 14.0. The van der Waals surface area contributed by atoms with E-state index < -0.39 is 13.4 Å². The second-order valence-electron chi connectivity index (χ2n) is 6.53. The van der Waals surface area contributed by atoms with Gasteiger partial charge in [-0.2, -0.15) is 10.1 Å². The fraction of sp³-hybridized carbons (Fsp3) is 0.368. The SMILES string of the molecule is COP(=O)(ONC(C)(C)COCc1ccccc1C)Oc1ccccc1. The first-order valence-corrected chi connectivity index (χ1v) is 9.78. The molecule has 1 atom stereocenters. The topological polar surface area (TPSA) is 66.0 Å². The van der Waals surface area contributed by atoms with Crippen molar-refractivity contribution in [2.45, 2.75) is 32.9 Å². The van der Waals surface area contributed by atoms with E-state index in [1.165, 1.54) is 12.7 Å². The van der Waals surface area contributed by atoms with E-state index in [0.717, 1.165) is 5.56 Å². The van der Waals surface area contributed by atoms with Crippen LogP contribution >= 0.6 is 7.82 Å². The zero-order chi connectivity index (χ0) is 19.0. The largest absolute Gasteiger partial charge is 0.546 e. The van der Waals surface area contributed by atoms with Gasteiger partial charge in [0.15, 0.2) is 0 Å². The Labute approximate surface area is 155 Å². The summed E-state index contributed by atoms with van der Waals surface area (Å²) in [4.78, 5) is 0. The lowest BCUT2D eigenvalue weighted by atomic mass is 10.1. The van der Waals surface area contributed by atoms with Crippen molar-refractivity contribution in [3.63, 3.8) is 0 Å². The molecule has 0 saturated carbocycles. The number of nitrogens with one attached hydrogen (secondary N) is 1. The molecule has 6 nitrogen and oxygen atoms in total. The molecule has 7 heteroatoms. The van der Waals surface area contributed by atoms with Gasteiger partial charge in [0.25, 0.3) is 0 Å². The Morgan fingerprint density at radius 1 is 1.04 bits per heavy atom. The van der Waals surface area contributed by atoms with E-state index in [-0.39, 0.29) is 0 Å². The molecule has 0 aliphatic rings. The van der Waals surface area contributed by atoms with Gasteiger partial charge in [-0.25, -0.2) is 4.57 Å². The van der Waals surface area contributed by atoms with E-state index >= 15 is 0 Å². The summed E-state index contributed by atoms with van der Waals surface area (Å²) in [6.45, 7) is 6.61. The Hall–Kier alpha value is -1.69. The number of hydrogen-bond acceptors (Lipinski definition) is 6. The van der Waals surface area contributed by atoms with Crippen molar-refractivity contribution >= 4 is 7.82 Å². The molecule has 2 aromatic carbocycles. The van der Waals surface area contributed by atoms with Crippen molar-refractivity contribution in [3.05, 3.63) is 65.7 Å². The zero-order valence-corrected chi connectivity index (χ0v) is 16.5. The van der Waals surface area contributed by atoms with Crippen LogP contribution in [0.1, 0.15) is 25.0 Å². The molecule has 0 heterocycles. The average molecular weight is 379 g/mol. The van der Waals surface area contributed by atoms with Crippen molar-refractivity contribution in [1.29, 1.82) is 0 Å². The van der Waals surface area contributed by atoms with Crippen molar-refractivity contribution in [2.24, 2.45) is 0 Å². The van der Waals surface area contributed by atoms with E-state index in [2.05, 4.69) is 5.48 Å². The standard InChI is InChI=1S/C19H26NO5P/c1-16-10-8-9-11-17(16)14-23-15-19(2,3)20-25-26(21,22-4)24-18-12-6-5-7-13-18/h5-13,20H,14-15H2,1-4H3. The molecular weight excluding hydrogens is 353 g/mol. The lowest BCUT2D eigenvalue weighted by Gasteiger charge is -2.27. The first kappa shape index (κ1) is 20.6. The fourth-order valence-electron chi connectivity index (χ4n) is 2.10. The minimum atomic E-state index is -3.78. The van der Waals surface area contributed by atoms with Crippen LogP contribution in [0.15, 0.2) is 54.6 Å². The van der Waals surface area contributed by atoms with Crippen LogP contribution in [0, 0.1) is 6.92 Å². The van der Waals surface area contributed by atoms with Crippen LogP contribution in [0.2, 0.25) is 0 Å². The molecule has 142 valence electrons. The molecule has 26 heavy (non-hydrogen) atoms. The number of aryl methyl sites for hydroxylation is 1. The Balaban J connectivity index is 1.85. The van der Waals surface area contributed by atoms with Crippen LogP contribution in [0.25, 0.3) is 0 Å². The van der Waals surface area contributed by atoms with Gasteiger partial charge < -0.3 is 9.26 Å². The Kier molecular flexibility index (Phi) is 7.38. The van der Waals surface area contributed by atoms with Gasteiger partial charge in [-0.05, 0) is 44.0 Å². The first-order chi connectivity index (χ1) is 12.3. The van der Waals surface area contributed by atoms with Crippen molar-refractivity contribution in [3.8, 4) is 5.75 Å². The summed E-state index contributed by atoms with van der Waals surface area (Å²) < 4.78 is 33.9. The molecule has 0 aromatic heterocycles. The van der Waals surface area contributed by atoms with Crippen LogP contribution in [0.4, 0.5) is 0 Å². The number of para-hydroxylation sites is 1. The van der Waals surface area contributed by atoms with E-state index in [1.54, 1.807) is 24.3 Å². The predicted molar refractivity (Wildman–Crippen MR) is 101 cm³/mol. The van der Waals surface area contributed by atoms with Crippen LogP contribution in [-0.4, -0.2) is 19.3 Å². The monoisotopic (exact) mass is 379 g/mol. The highest BCUT2D eigenvalue weighted by atomic mass is 31.2. The average Bonchev–Trinajstić information content (AvgIpc) is 2.63. The lowest BCUT2D eigenvalue weighted by molar-refractivity contribution is 0.000996. The highest BCUT2D eigenvalue weighted by Gasteiger charge is 2.31. The van der Waals surface area contributed by atoms with Gasteiger partial charge in [0.1, 0.15) is 5.75 Å². The third-order valence-corrected chi connectivity index (χ3v) is 4.80. The smallest absolute Gasteiger partial charge is 0.403 e. The molecule has 1 unspecified atom stereocenters. The molecule has 0 radical (unpaired) electrons. The zero-order valence-electron chi connectivity index (χ0n) is 15.6. The molecule has 0 amide bonds. The summed E-state index contributed by atoms with van der Waals surface area (Å²) in [6, 6.07) is 16.8. The Bertz CT molecular complexity index is 736. The van der Waals surface area contributed by atoms with Crippen LogP contribution in [0.5, 0.6) is 5.75 Å². The number of ether oxygens (including phenoxy) is 1. The minimum Gasteiger partial charge on any atom is -0.403 e. The summed E-state index contributed by atoms with van der Waals surface area (Å²) >= 11 is 0. The Morgan fingerprint density at radius 2 is 1.69 bits per heavy atom. The molecule has 0 aliphatic carbocycles. The van der Waals surface area contributed by atoms with Crippen molar-refractivity contribution in [2.75, 3.05) is 13.7 Å². The summed E-state index contributed by atoms with van der Waals surface area (Å²) in [5.74, 6) is 0.396. The number of rotatable bonds is 10. The van der Waals surface area contributed by atoms with Crippen molar-refractivity contribution in [1.82, 2.24) is 5.48 Å². The summed E-state index contributed by atoms with van der Waals surface area (Å²) in [5.41, 5.74) is 4.43. The third-order valence-electron chi connectivity index (χ3n) is 3.60. The summed E-state index contributed by atoms with van der Waals surface area (Å²) in [6.07, 6.45) is 0. The van der Waals surface area contributed by atoms with E-state index in [0.29, 0.717) is 19.0 Å². The number of benzene rings is 2. The lowest BCUT2D eigenvalue weighted by Crippen LogP contribution is -2.43. The first-order valence-electron chi connectivity index (χ1n) is 8.32. The molecule has 2 rings (SSSR count). The molecule has 1 N–H and O–H groups in total. The highest BCUT2D eigenvalue weighted by molar-refractivity contribution is 7.48. The minimum absolute atomic E-state index is 0.344.